The van der Waals surface area contributed by atoms with Crippen LogP contribution in [-0.2, 0) is 11.2 Å². The number of carbonyl (C=O) groups is 1. The lowest BCUT2D eigenvalue weighted by atomic mass is 9.83. The number of benzene rings is 1. The minimum atomic E-state index is 0.177. The van der Waals surface area contributed by atoms with Crippen molar-refractivity contribution >= 4 is 5.78 Å². The van der Waals surface area contributed by atoms with Crippen molar-refractivity contribution in [3.8, 4) is 0 Å². The van der Waals surface area contributed by atoms with Crippen molar-refractivity contribution in [2.75, 3.05) is 6.54 Å². The van der Waals surface area contributed by atoms with E-state index < -0.39 is 0 Å². The van der Waals surface area contributed by atoms with E-state index in [0.717, 1.165) is 18.4 Å². The average molecular weight is 247 g/mol. The van der Waals surface area contributed by atoms with Crippen LogP contribution in [0.3, 0.4) is 0 Å². The molecular formula is C16H25NO. The minimum absolute atomic E-state index is 0.177. The Morgan fingerprint density at radius 2 is 1.89 bits per heavy atom. The van der Waals surface area contributed by atoms with Gasteiger partial charge in [0.1, 0.15) is 5.78 Å². The summed E-state index contributed by atoms with van der Waals surface area (Å²) in [4.78, 5) is 12.0. The van der Waals surface area contributed by atoms with Gasteiger partial charge in [-0.1, -0.05) is 38.1 Å². The second kappa shape index (κ2) is 6.69. The van der Waals surface area contributed by atoms with Gasteiger partial charge in [-0.2, -0.15) is 0 Å². The molecule has 100 valence electrons. The predicted octanol–water partition coefficient (Wildman–Crippen LogP) is 3.26. The second-order valence-electron chi connectivity index (χ2n) is 5.84. The molecule has 1 rings (SSSR count). The summed E-state index contributed by atoms with van der Waals surface area (Å²) in [7, 11) is 0. The second-order valence-corrected chi connectivity index (χ2v) is 5.84. The van der Waals surface area contributed by atoms with Crippen molar-refractivity contribution < 1.29 is 4.79 Å². The first kappa shape index (κ1) is 14.9. The van der Waals surface area contributed by atoms with Gasteiger partial charge < -0.3 is 5.73 Å². The first-order chi connectivity index (χ1) is 8.44. The van der Waals surface area contributed by atoms with Crippen LogP contribution < -0.4 is 5.73 Å². The molecule has 0 amide bonds. The fourth-order valence-electron chi connectivity index (χ4n) is 2.10. The van der Waals surface area contributed by atoms with Gasteiger partial charge >= 0.3 is 0 Å². The van der Waals surface area contributed by atoms with Crippen LogP contribution in [0.2, 0.25) is 0 Å². The smallest absolute Gasteiger partial charge is 0.137 e. The Morgan fingerprint density at radius 3 is 2.50 bits per heavy atom. The van der Waals surface area contributed by atoms with Crippen LogP contribution in [0.15, 0.2) is 24.3 Å². The van der Waals surface area contributed by atoms with Gasteiger partial charge in [0.15, 0.2) is 0 Å². The number of rotatable bonds is 7. The maximum atomic E-state index is 12.0. The highest BCUT2D eigenvalue weighted by Gasteiger charge is 2.18. The molecule has 2 heteroatoms. The van der Waals surface area contributed by atoms with Gasteiger partial charge in [0.25, 0.3) is 0 Å². The lowest BCUT2D eigenvalue weighted by Crippen LogP contribution is -2.19. The third-order valence-corrected chi connectivity index (χ3v) is 3.55. The van der Waals surface area contributed by atoms with E-state index in [-0.39, 0.29) is 5.41 Å². The maximum absolute atomic E-state index is 12.0. The Balaban J connectivity index is 2.46. The molecule has 1 aromatic rings. The van der Waals surface area contributed by atoms with Crippen LogP contribution in [0.1, 0.15) is 44.2 Å². The molecule has 2 nitrogen and oxygen atoms in total. The number of hydrogen-bond acceptors (Lipinski definition) is 2. The van der Waals surface area contributed by atoms with Crippen LogP contribution >= 0.6 is 0 Å². The summed E-state index contributed by atoms with van der Waals surface area (Å²) in [5.41, 5.74) is 8.11. The number of Topliss-reactive ketones (excluding diaryl/α,β-unsaturated/α-hetero) is 1. The van der Waals surface area contributed by atoms with Crippen molar-refractivity contribution in [2.45, 2.75) is 46.5 Å². The highest BCUT2D eigenvalue weighted by atomic mass is 16.1. The van der Waals surface area contributed by atoms with E-state index in [1.807, 2.05) is 18.2 Å². The number of carbonyl (C=O) groups excluding carboxylic acids is 1. The molecule has 0 aliphatic heterocycles. The van der Waals surface area contributed by atoms with E-state index in [1.54, 1.807) is 0 Å². The lowest BCUT2D eigenvalue weighted by Gasteiger charge is -2.23. The number of aryl methyl sites for hydroxylation is 1. The zero-order valence-corrected chi connectivity index (χ0v) is 11.8. The van der Waals surface area contributed by atoms with Crippen LogP contribution in [0.5, 0.6) is 0 Å². The fraction of sp³-hybridized carbons (Fsp3) is 0.562. The van der Waals surface area contributed by atoms with Gasteiger partial charge in [-0.15, -0.1) is 0 Å². The molecule has 0 bridgehead atoms. The standard InChI is InChI=1S/C16H25NO/c1-13-6-4-5-7-14(13)12-15(18)8-9-16(2,3)10-11-17/h4-7H,8-12,17H2,1-3H3. The van der Waals surface area contributed by atoms with E-state index >= 15 is 0 Å². The topological polar surface area (TPSA) is 43.1 Å². The van der Waals surface area contributed by atoms with Gasteiger partial charge in [0.2, 0.25) is 0 Å². The highest BCUT2D eigenvalue weighted by Crippen LogP contribution is 2.26. The van der Waals surface area contributed by atoms with E-state index in [0.29, 0.717) is 25.2 Å². The van der Waals surface area contributed by atoms with Gasteiger partial charge in [-0.25, -0.2) is 0 Å². The number of hydrogen-bond donors (Lipinski definition) is 1. The summed E-state index contributed by atoms with van der Waals surface area (Å²) in [6.45, 7) is 7.11. The van der Waals surface area contributed by atoms with E-state index in [9.17, 15) is 4.79 Å². The fourth-order valence-corrected chi connectivity index (χ4v) is 2.10. The summed E-state index contributed by atoms with van der Waals surface area (Å²) >= 11 is 0. The van der Waals surface area contributed by atoms with Crippen molar-refractivity contribution in [1.82, 2.24) is 0 Å². The highest BCUT2D eigenvalue weighted by molar-refractivity contribution is 5.81. The van der Waals surface area contributed by atoms with Crippen LogP contribution in [0, 0.1) is 12.3 Å². The normalized spacial score (nSPS) is 11.6. The van der Waals surface area contributed by atoms with E-state index in [1.165, 1.54) is 5.56 Å². The molecule has 0 fully saturated rings. The van der Waals surface area contributed by atoms with Gasteiger partial charge in [0.05, 0.1) is 0 Å². The Kier molecular flexibility index (Phi) is 5.54. The van der Waals surface area contributed by atoms with Crippen molar-refractivity contribution in [3.05, 3.63) is 35.4 Å². The first-order valence-corrected chi connectivity index (χ1v) is 6.71. The van der Waals surface area contributed by atoms with E-state index in [2.05, 4.69) is 26.8 Å². The molecule has 0 aromatic heterocycles. The number of nitrogens with two attached hydrogens (primary N) is 1. The molecule has 2 N–H and O–H groups in total. The minimum Gasteiger partial charge on any atom is -0.330 e. The molecule has 0 aliphatic carbocycles. The molecule has 0 unspecified atom stereocenters. The van der Waals surface area contributed by atoms with Crippen molar-refractivity contribution in [3.63, 3.8) is 0 Å². The molecule has 0 heterocycles. The SMILES string of the molecule is Cc1ccccc1CC(=O)CCC(C)(C)CCN. The van der Waals surface area contributed by atoms with Crippen LogP contribution in [0.25, 0.3) is 0 Å². The molecule has 0 aliphatic rings. The van der Waals surface area contributed by atoms with Gasteiger partial charge in [-0.05, 0) is 42.9 Å². The van der Waals surface area contributed by atoms with Gasteiger partial charge in [0, 0.05) is 12.8 Å². The van der Waals surface area contributed by atoms with E-state index in [4.69, 9.17) is 5.73 Å². The summed E-state index contributed by atoms with van der Waals surface area (Å²) in [5, 5.41) is 0. The molecule has 18 heavy (non-hydrogen) atoms. The molecule has 0 saturated carbocycles. The molecule has 1 aromatic carbocycles. The summed E-state index contributed by atoms with van der Waals surface area (Å²) in [6, 6.07) is 8.10. The Hall–Kier alpha value is -1.15. The van der Waals surface area contributed by atoms with Crippen molar-refractivity contribution in [1.29, 1.82) is 0 Å². The third kappa shape index (κ3) is 5.01. The number of ketones is 1. The monoisotopic (exact) mass is 247 g/mol. The molecular weight excluding hydrogens is 222 g/mol. The Morgan fingerprint density at radius 1 is 1.22 bits per heavy atom. The van der Waals surface area contributed by atoms with Crippen LogP contribution in [-0.4, -0.2) is 12.3 Å². The largest absolute Gasteiger partial charge is 0.330 e. The Labute approximate surface area is 111 Å². The molecule has 0 saturated heterocycles. The Bertz CT molecular complexity index is 396. The zero-order chi connectivity index (χ0) is 13.6. The molecule has 0 radical (unpaired) electrons. The quantitative estimate of drug-likeness (QED) is 0.803. The maximum Gasteiger partial charge on any atom is 0.137 e. The zero-order valence-electron chi connectivity index (χ0n) is 11.8. The lowest BCUT2D eigenvalue weighted by molar-refractivity contribution is -0.119. The average Bonchev–Trinajstić information content (AvgIpc) is 2.30. The third-order valence-electron chi connectivity index (χ3n) is 3.55. The predicted molar refractivity (Wildman–Crippen MR) is 76.6 cm³/mol. The summed E-state index contributed by atoms with van der Waals surface area (Å²) in [5.74, 6) is 0.328. The van der Waals surface area contributed by atoms with Crippen LogP contribution in [0.4, 0.5) is 0 Å². The molecule has 0 atom stereocenters. The molecule has 0 spiro atoms. The summed E-state index contributed by atoms with van der Waals surface area (Å²) in [6.07, 6.45) is 3.12. The first-order valence-electron chi connectivity index (χ1n) is 6.71. The van der Waals surface area contributed by atoms with Crippen molar-refractivity contribution in [2.24, 2.45) is 11.1 Å². The summed E-state index contributed by atoms with van der Waals surface area (Å²) < 4.78 is 0. The van der Waals surface area contributed by atoms with Gasteiger partial charge in [-0.3, -0.25) is 4.79 Å².